The van der Waals surface area contributed by atoms with Crippen molar-refractivity contribution in [3.63, 3.8) is 0 Å². The van der Waals surface area contributed by atoms with Gasteiger partial charge in [0.1, 0.15) is 0 Å². The molecule has 2 aromatic rings. The van der Waals surface area contributed by atoms with E-state index in [1.807, 2.05) is 12.1 Å². The van der Waals surface area contributed by atoms with E-state index in [2.05, 4.69) is 16.4 Å². The molecule has 0 radical (unpaired) electrons. The summed E-state index contributed by atoms with van der Waals surface area (Å²) < 4.78 is 0. The molecule has 1 fully saturated rings. The van der Waals surface area contributed by atoms with E-state index >= 15 is 0 Å². The number of likely N-dealkylation sites (tertiary alicyclic amines) is 1. The molecule has 2 N–H and O–H groups in total. The highest BCUT2D eigenvalue weighted by molar-refractivity contribution is 5.82. The molecule has 0 aliphatic carbocycles. The molecule has 1 aromatic carbocycles. The molecule has 1 aliphatic heterocycles. The number of likely N-dealkylation sites (N-methyl/N-ethyl adjacent to an activating group) is 1. The Balaban J connectivity index is 1.59. The Bertz CT molecular complexity index is 866. The number of urea groups is 1. The summed E-state index contributed by atoms with van der Waals surface area (Å²) >= 11 is 0. The van der Waals surface area contributed by atoms with Gasteiger partial charge in [-0.05, 0) is 36.4 Å². The molecule has 26 heavy (non-hydrogen) atoms. The van der Waals surface area contributed by atoms with Gasteiger partial charge in [0, 0.05) is 38.3 Å². The molecule has 1 atom stereocenters. The van der Waals surface area contributed by atoms with Gasteiger partial charge in [0.2, 0.25) is 5.91 Å². The van der Waals surface area contributed by atoms with Crippen LogP contribution in [-0.2, 0) is 11.3 Å². The number of piperidine rings is 1. The number of hydrogen-bond donors (Lipinski definition) is 2. The third-order valence-corrected chi connectivity index (χ3v) is 4.95. The van der Waals surface area contributed by atoms with Crippen LogP contribution in [0.5, 0.6) is 0 Å². The van der Waals surface area contributed by atoms with Crippen LogP contribution in [0.4, 0.5) is 4.79 Å². The van der Waals surface area contributed by atoms with Crippen LogP contribution in [0.3, 0.4) is 0 Å². The Kier molecular flexibility index (Phi) is 5.12. The first kappa shape index (κ1) is 17.8. The maximum absolute atomic E-state index is 12.5. The Morgan fingerprint density at radius 3 is 2.96 bits per heavy atom. The summed E-state index contributed by atoms with van der Waals surface area (Å²) in [6.07, 6.45) is 1.81. The van der Waals surface area contributed by atoms with Crippen LogP contribution < -0.4 is 5.32 Å². The van der Waals surface area contributed by atoms with Crippen LogP contribution in [0.25, 0.3) is 10.9 Å². The molecule has 7 nitrogen and oxygen atoms in total. The lowest BCUT2D eigenvalue weighted by atomic mass is 10.0. The minimum atomic E-state index is -0.156. The number of aromatic amines is 1. The Hall–Kier alpha value is -3.01. The average molecular weight is 353 g/mol. The summed E-state index contributed by atoms with van der Waals surface area (Å²) in [6, 6.07) is 9.42. The van der Waals surface area contributed by atoms with E-state index in [-0.39, 0.29) is 18.0 Å². The van der Waals surface area contributed by atoms with Gasteiger partial charge in [0.25, 0.3) is 0 Å². The van der Waals surface area contributed by atoms with E-state index < -0.39 is 0 Å². The lowest BCUT2D eigenvalue weighted by Crippen LogP contribution is -2.52. The number of nitriles is 1. The quantitative estimate of drug-likeness (QED) is 0.886. The molecule has 0 unspecified atom stereocenters. The highest BCUT2D eigenvalue weighted by Crippen LogP contribution is 2.18. The van der Waals surface area contributed by atoms with Gasteiger partial charge in [-0.2, -0.15) is 5.26 Å². The summed E-state index contributed by atoms with van der Waals surface area (Å²) in [4.78, 5) is 30.7. The Labute approximate surface area is 152 Å². The normalized spacial score (nSPS) is 17.0. The lowest BCUT2D eigenvalue weighted by Gasteiger charge is -2.37. The van der Waals surface area contributed by atoms with Crippen molar-refractivity contribution in [2.75, 3.05) is 20.1 Å². The third-order valence-electron chi connectivity index (χ3n) is 4.95. The van der Waals surface area contributed by atoms with E-state index in [1.54, 1.807) is 35.9 Å². The van der Waals surface area contributed by atoms with Crippen LogP contribution in [-0.4, -0.2) is 52.9 Å². The predicted octanol–water partition coefficient (Wildman–Crippen LogP) is 2.19. The van der Waals surface area contributed by atoms with Gasteiger partial charge in [0.05, 0.1) is 24.2 Å². The molecular formula is C19H23N5O2. The first-order chi connectivity index (χ1) is 12.5. The number of rotatable bonds is 3. The van der Waals surface area contributed by atoms with Gasteiger partial charge in [0.15, 0.2) is 0 Å². The molecule has 0 spiro atoms. The minimum Gasteiger partial charge on any atom is -0.357 e. The first-order valence-corrected chi connectivity index (χ1v) is 8.76. The van der Waals surface area contributed by atoms with Crippen molar-refractivity contribution in [2.24, 2.45) is 0 Å². The zero-order chi connectivity index (χ0) is 18.7. The van der Waals surface area contributed by atoms with E-state index in [1.165, 1.54) is 0 Å². The van der Waals surface area contributed by atoms with Crippen molar-refractivity contribution < 1.29 is 9.59 Å². The fourth-order valence-corrected chi connectivity index (χ4v) is 3.37. The SMILES string of the molecule is CC(=O)N1CCC[C@@H](N(C)C(=O)NCc2cc3ccc(C#N)cc3[nH]2)C1. The molecule has 3 amide bonds. The highest BCUT2D eigenvalue weighted by atomic mass is 16.2. The molecule has 136 valence electrons. The van der Waals surface area contributed by atoms with Crippen LogP contribution in [0, 0.1) is 11.3 Å². The number of carbonyl (C=O) groups is 2. The Morgan fingerprint density at radius 2 is 2.23 bits per heavy atom. The van der Waals surface area contributed by atoms with Gasteiger partial charge >= 0.3 is 6.03 Å². The Morgan fingerprint density at radius 1 is 1.42 bits per heavy atom. The second-order valence-electron chi connectivity index (χ2n) is 6.74. The molecule has 1 saturated heterocycles. The van der Waals surface area contributed by atoms with Gasteiger partial charge in [-0.25, -0.2) is 4.79 Å². The maximum atomic E-state index is 12.5. The zero-order valence-corrected chi connectivity index (χ0v) is 15.1. The van der Waals surface area contributed by atoms with Gasteiger partial charge in [-0.1, -0.05) is 6.07 Å². The number of amides is 3. The molecule has 3 rings (SSSR count). The monoisotopic (exact) mass is 353 g/mol. The lowest BCUT2D eigenvalue weighted by molar-refractivity contribution is -0.130. The van der Waals surface area contributed by atoms with Crippen LogP contribution in [0.1, 0.15) is 31.0 Å². The number of fused-ring (bicyclic) bond motifs is 1. The summed E-state index contributed by atoms with van der Waals surface area (Å²) in [6.45, 7) is 3.29. The van der Waals surface area contributed by atoms with Crippen molar-refractivity contribution in [3.8, 4) is 6.07 Å². The van der Waals surface area contributed by atoms with Gasteiger partial charge < -0.3 is 20.1 Å². The number of H-pyrrole nitrogens is 1. The standard InChI is InChI=1S/C19H23N5O2/c1-13(25)24-7-3-4-17(12-24)23(2)19(26)21-11-16-9-15-6-5-14(10-20)8-18(15)22-16/h5-6,8-9,17,22H,3-4,7,11-12H2,1-2H3,(H,21,26)/t17-/m1/s1. The minimum absolute atomic E-state index is 0.0357. The summed E-state index contributed by atoms with van der Waals surface area (Å²) in [5.74, 6) is 0.0540. The van der Waals surface area contributed by atoms with Crippen LogP contribution >= 0.6 is 0 Å². The van der Waals surface area contributed by atoms with Crippen LogP contribution in [0.2, 0.25) is 0 Å². The largest absolute Gasteiger partial charge is 0.357 e. The van der Waals surface area contributed by atoms with Crippen molar-refractivity contribution >= 4 is 22.8 Å². The number of benzene rings is 1. The second-order valence-corrected chi connectivity index (χ2v) is 6.74. The number of carbonyl (C=O) groups excluding carboxylic acids is 2. The second kappa shape index (κ2) is 7.48. The van der Waals surface area contributed by atoms with Gasteiger partial charge in [-0.3, -0.25) is 4.79 Å². The fourth-order valence-electron chi connectivity index (χ4n) is 3.37. The van der Waals surface area contributed by atoms with E-state index in [0.717, 1.165) is 36.0 Å². The van der Waals surface area contributed by atoms with E-state index in [0.29, 0.717) is 18.7 Å². The molecular weight excluding hydrogens is 330 g/mol. The molecule has 0 saturated carbocycles. The first-order valence-electron chi connectivity index (χ1n) is 8.76. The highest BCUT2D eigenvalue weighted by Gasteiger charge is 2.27. The summed E-state index contributed by atoms with van der Waals surface area (Å²) in [5, 5.41) is 12.9. The molecule has 7 heteroatoms. The van der Waals surface area contributed by atoms with E-state index in [9.17, 15) is 9.59 Å². The van der Waals surface area contributed by atoms with Crippen molar-refractivity contribution in [3.05, 3.63) is 35.5 Å². The zero-order valence-electron chi connectivity index (χ0n) is 15.1. The number of nitrogens with zero attached hydrogens (tertiary/aromatic N) is 3. The molecule has 0 bridgehead atoms. The predicted molar refractivity (Wildman–Crippen MR) is 98.3 cm³/mol. The average Bonchev–Trinajstić information content (AvgIpc) is 3.07. The number of nitrogens with one attached hydrogen (secondary N) is 2. The van der Waals surface area contributed by atoms with Gasteiger partial charge in [-0.15, -0.1) is 0 Å². The van der Waals surface area contributed by atoms with E-state index in [4.69, 9.17) is 5.26 Å². The van der Waals surface area contributed by atoms with Crippen LogP contribution in [0.15, 0.2) is 24.3 Å². The summed E-state index contributed by atoms with van der Waals surface area (Å²) in [7, 11) is 1.77. The summed E-state index contributed by atoms with van der Waals surface area (Å²) in [5.41, 5.74) is 2.36. The smallest absolute Gasteiger partial charge is 0.317 e. The number of hydrogen-bond acceptors (Lipinski definition) is 3. The van der Waals surface area contributed by atoms with Crippen molar-refractivity contribution in [1.82, 2.24) is 20.1 Å². The topological polar surface area (TPSA) is 92.2 Å². The molecule has 2 heterocycles. The molecule has 1 aromatic heterocycles. The third kappa shape index (κ3) is 3.80. The molecule has 1 aliphatic rings. The fraction of sp³-hybridized carbons (Fsp3) is 0.421. The number of aromatic nitrogens is 1. The van der Waals surface area contributed by atoms with Crippen molar-refractivity contribution in [1.29, 1.82) is 5.26 Å². The maximum Gasteiger partial charge on any atom is 0.317 e. The van der Waals surface area contributed by atoms with Crippen molar-refractivity contribution in [2.45, 2.75) is 32.4 Å².